The molecule has 1 fully saturated rings. The van der Waals surface area contributed by atoms with Crippen molar-refractivity contribution < 1.29 is 9.53 Å². The molecule has 0 bridgehead atoms. The molecule has 1 aliphatic rings. The molecular weight excluding hydrogens is 252 g/mol. The van der Waals surface area contributed by atoms with Crippen molar-refractivity contribution in [3.63, 3.8) is 0 Å². The van der Waals surface area contributed by atoms with Crippen molar-refractivity contribution in [3.8, 4) is 0 Å². The molecule has 1 N–H and O–H groups in total. The second-order valence-electron chi connectivity index (χ2n) is 5.88. The van der Waals surface area contributed by atoms with Crippen LogP contribution in [0.3, 0.4) is 0 Å². The number of pyridine rings is 1. The molecule has 0 aliphatic carbocycles. The Balaban J connectivity index is 1.86. The Morgan fingerprint density at radius 2 is 2.35 bits per heavy atom. The van der Waals surface area contributed by atoms with Gasteiger partial charge in [-0.3, -0.25) is 9.78 Å². The van der Waals surface area contributed by atoms with E-state index in [1.807, 2.05) is 18.2 Å². The Bertz CT molecular complexity index is 414. The first-order valence-electron chi connectivity index (χ1n) is 7.42. The number of ether oxygens (including phenoxy) is 1. The molecule has 2 atom stereocenters. The first kappa shape index (κ1) is 15.0. The summed E-state index contributed by atoms with van der Waals surface area (Å²) in [5, 5.41) is 3.16. The van der Waals surface area contributed by atoms with Crippen LogP contribution in [0.4, 0.5) is 0 Å². The third-order valence-electron chi connectivity index (χ3n) is 3.80. The first-order valence-corrected chi connectivity index (χ1v) is 7.42. The van der Waals surface area contributed by atoms with Crippen LogP contribution in [0.1, 0.15) is 32.4 Å². The van der Waals surface area contributed by atoms with E-state index in [-0.39, 0.29) is 11.9 Å². The minimum absolute atomic E-state index is 0.134. The van der Waals surface area contributed by atoms with Crippen LogP contribution < -0.4 is 5.32 Å². The predicted octanol–water partition coefficient (Wildman–Crippen LogP) is 2.19. The van der Waals surface area contributed by atoms with Crippen molar-refractivity contribution in [1.29, 1.82) is 0 Å². The summed E-state index contributed by atoms with van der Waals surface area (Å²) >= 11 is 0. The Morgan fingerprint density at radius 3 is 2.95 bits per heavy atom. The third-order valence-corrected chi connectivity index (χ3v) is 3.80. The second kappa shape index (κ2) is 7.39. The number of nitrogens with zero attached hydrogens (tertiary/aromatic N) is 1. The fourth-order valence-corrected chi connectivity index (χ4v) is 2.47. The number of hydrogen-bond donors (Lipinski definition) is 1. The van der Waals surface area contributed by atoms with Crippen molar-refractivity contribution in [2.24, 2.45) is 11.8 Å². The molecular formula is C16H24N2O2. The fraction of sp³-hybridized carbons (Fsp3) is 0.625. The van der Waals surface area contributed by atoms with Crippen molar-refractivity contribution in [2.45, 2.75) is 39.2 Å². The van der Waals surface area contributed by atoms with Crippen LogP contribution in [0, 0.1) is 11.8 Å². The zero-order valence-electron chi connectivity index (χ0n) is 12.3. The molecule has 1 aromatic heterocycles. The van der Waals surface area contributed by atoms with Crippen LogP contribution in [0.2, 0.25) is 0 Å². The summed E-state index contributed by atoms with van der Waals surface area (Å²) in [5.41, 5.74) is 1.02. The molecule has 2 rings (SSSR count). The number of nitrogens with one attached hydrogen (secondary N) is 1. The lowest BCUT2D eigenvalue weighted by Gasteiger charge is -2.23. The molecule has 1 unspecified atom stereocenters. The molecule has 0 saturated carbocycles. The van der Waals surface area contributed by atoms with E-state index in [4.69, 9.17) is 4.74 Å². The highest BCUT2D eigenvalue weighted by Gasteiger charge is 2.22. The molecule has 2 heterocycles. The number of carbonyl (C=O) groups is 1. The maximum Gasteiger partial charge on any atom is 0.220 e. The van der Waals surface area contributed by atoms with Crippen molar-refractivity contribution in [2.75, 3.05) is 13.2 Å². The van der Waals surface area contributed by atoms with E-state index >= 15 is 0 Å². The zero-order chi connectivity index (χ0) is 14.4. The van der Waals surface area contributed by atoms with Gasteiger partial charge >= 0.3 is 0 Å². The summed E-state index contributed by atoms with van der Waals surface area (Å²) in [6.07, 6.45) is 4.15. The highest BCUT2D eigenvalue weighted by Crippen LogP contribution is 2.17. The Kier molecular flexibility index (Phi) is 5.53. The van der Waals surface area contributed by atoms with Crippen LogP contribution >= 0.6 is 0 Å². The van der Waals surface area contributed by atoms with Gasteiger partial charge in [0.2, 0.25) is 5.91 Å². The van der Waals surface area contributed by atoms with Gasteiger partial charge in [0.05, 0.1) is 0 Å². The van der Waals surface area contributed by atoms with Crippen LogP contribution in [-0.2, 0) is 16.0 Å². The number of carbonyl (C=O) groups excluding carboxylic acids is 1. The minimum Gasteiger partial charge on any atom is -0.381 e. The van der Waals surface area contributed by atoms with E-state index in [1.165, 1.54) is 0 Å². The summed E-state index contributed by atoms with van der Waals surface area (Å²) in [4.78, 5) is 16.5. The monoisotopic (exact) mass is 276 g/mol. The molecule has 1 amide bonds. The smallest absolute Gasteiger partial charge is 0.220 e. The molecule has 110 valence electrons. The van der Waals surface area contributed by atoms with E-state index in [0.717, 1.165) is 31.7 Å². The van der Waals surface area contributed by atoms with Gasteiger partial charge in [-0.25, -0.2) is 0 Å². The molecule has 0 aromatic carbocycles. The van der Waals surface area contributed by atoms with Gasteiger partial charge in [-0.1, -0.05) is 19.9 Å². The number of aromatic nitrogens is 1. The van der Waals surface area contributed by atoms with Gasteiger partial charge < -0.3 is 10.1 Å². The van der Waals surface area contributed by atoms with Crippen molar-refractivity contribution in [3.05, 3.63) is 30.1 Å². The van der Waals surface area contributed by atoms with Gasteiger partial charge in [-0.15, -0.1) is 0 Å². The minimum atomic E-state index is 0.134. The maximum atomic E-state index is 12.1. The number of rotatable bonds is 6. The fourth-order valence-electron chi connectivity index (χ4n) is 2.47. The number of amides is 1. The molecule has 1 aromatic rings. The SMILES string of the molecule is CC(C)[C@H](Cc1ccccn1)NC(=O)CC1CCOC1. The van der Waals surface area contributed by atoms with Crippen molar-refractivity contribution in [1.82, 2.24) is 10.3 Å². The molecule has 20 heavy (non-hydrogen) atoms. The molecule has 4 heteroatoms. The molecule has 0 radical (unpaired) electrons. The van der Waals surface area contributed by atoms with Gasteiger partial charge in [0, 0.05) is 44.0 Å². The van der Waals surface area contributed by atoms with Gasteiger partial charge in [0.1, 0.15) is 0 Å². The Morgan fingerprint density at radius 1 is 1.50 bits per heavy atom. The van der Waals surface area contributed by atoms with Gasteiger partial charge in [0.25, 0.3) is 0 Å². The van der Waals surface area contributed by atoms with Crippen molar-refractivity contribution >= 4 is 5.91 Å². The van der Waals surface area contributed by atoms with E-state index in [9.17, 15) is 4.79 Å². The summed E-state index contributed by atoms with van der Waals surface area (Å²) in [6.45, 7) is 5.78. The first-order chi connectivity index (χ1) is 9.65. The maximum absolute atomic E-state index is 12.1. The Hall–Kier alpha value is -1.42. The van der Waals surface area contributed by atoms with E-state index in [2.05, 4.69) is 24.1 Å². The predicted molar refractivity (Wildman–Crippen MR) is 78.3 cm³/mol. The lowest BCUT2D eigenvalue weighted by molar-refractivity contribution is -0.123. The van der Waals surface area contributed by atoms with E-state index < -0.39 is 0 Å². The number of hydrogen-bond acceptors (Lipinski definition) is 3. The van der Waals surface area contributed by atoms with E-state index in [0.29, 0.717) is 18.3 Å². The summed E-state index contributed by atoms with van der Waals surface area (Å²) in [6, 6.07) is 6.04. The third kappa shape index (κ3) is 4.60. The lowest BCUT2D eigenvalue weighted by atomic mass is 9.97. The van der Waals surface area contributed by atoms with E-state index in [1.54, 1.807) is 6.20 Å². The highest BCUT2D eigenvalue weighted by molar-refractivity contribution is 5.76. The standard InChI is InChI=1S/C16H24N2O2/c1-12(2)15(10-14-5-3-4-7-17-14)18-16(19)9-13-6-8-20-11-13/h3-5,7,12-13,15H,6,8-11H2,1-2H3,(H,18,19)/t13?,15-/m0/s1. The molecule has 0 spiro atoms. The Labute approximate surface area is 120 Å². The highest BCUT2D eigenvalue weighted by atomic mass is 16.5. The molecule has 1 aliphatic heterocycles. The largest absolute Gasteiger partial charge is 0.381 e. The average Bonchev–Trinajstić information content (AvgIpc) is 2.92. The average molecular weight is 276 g/mol. The summed E-state index contributed by atoms with van der Waals surface area (Å²) in [7, 11) is 0. The zero-order valence-corrected chi connectivity index (χ0v) is 12.3. The van der Waals surface area contributed by atoms with Crippen LogP contribution in [0.15, 0.2) is 24.4 Å². The van der Waals surface area contributed by atoms with Gasteiger partial charge in [-0.05, 0) is 30.4 Å². The van der Waals surface area contributed by atoms with Crippen LogP contribution in [-0.4, -0.2) is 30.1 Å². The normalized spacial score (nSPS) is 20.1. The van der Waals surface area contributed by atoms with Crippen LogP contribution in [0.5, 0.6) is 0 Å². The quantitative estimate of drug-likeness (QED) is 0.866. The second-order valence-corrected chi connectivity index (χ2v) is 5.88. The van der Waals surface area contributed by atoms with Crippen LogP contribution in [0.25, 0.3) is 0 Å². The molecule has 1 saturated heterocycles. The topological polar surface area (TPSA) is 51.2 Å². The molecule has 4 nitrogen and oxygen atoms in total. The summed E-state index contributed by atoms with van der Waals surface area (Å²) < 4.78 is 5.32. The van der Waals surface area contributed by atoms with Gasteiger partial charge in [0.15, 0.2) is 0 Å². The lowest BCUT2D eigenvalue weighted by Crippen LogP contribution is -2.41. The summed E-state index contributed by atoms with van der Waals surface area (Å²) in [5.74, 6) is 0.911. The van der Waals surface area contributed by atoms with Gasteiger partial charge in [-0.2, -0.15) is 0 Å².